The summed E-state index contributed by atoms with van der Waals surface area (Å²) in [6.45, 7) is 3.68. The Balaban J connectivity index is 1.87. The Labute approximate surface area is 183 Å². The van der Waals surface area contributed by atoms with Crippen LogP contribution in [-0.4, -0.2) is 29.2 Å². The minimum atomic E-state index is -0.653. The van der Waals surface area contributed by atoms with Crippen LogP contribution in [-0.2, 0) is 16.1 Å². The molecule has 2 aromatic heterocycles. The van der Waals surface area contributed by atoms with Gasteiger partial charge in [0.1, 0.15) is 28.9 Å². The molecule has 32 heavy (non-hydrogen) atoms. The van der Waals surface area contributed by atoms with Crippen molar-refractivity contribution in [2.24, 2.45) is 0 Å². The van der Waals surface area contributed by atoms with E-state index in [0.29, 0.717) is 16.8 Å². The maximum absolute atomic E-state index is 13.9. The number of ether oxygens (including phenoxy) is 3. The molecule has 0 aliphatic rings. The molecule has 0 bridgehead atoms. The lowest BCUT2D eigenvalue weighted by atomic mass is 10.1. The van der Waals surface area contributed by atoms with E-state index in [0.717, 1.165) is 16.3 Å². The number of halogens is 1. The fourth-order valence-corrected chi connectivity index (χ4v) is 3.56. The first-order chi connectivity index (χ1) is 15.4. The molecular formula is C24H20FN3O4. The monoisotopic (exact) mass is 433 g/mol. The number of aromatic nitrogens is 2. The number of hydrogen-bond donors (Lipinski definition) is 1. The van der Waals surface area contributed by atoms with Crippen LogP contribution < -0.4 is 4.74 Å². The van der Waals surface area contributed by atoms with Crippen molar-refractivity contribution in [2.75, 3.05) is 7.11 Å². The van der Waals surface area contributed by atoms with Crippen LogP contribution in [0.4, 0.5) is 4.39 Å². The number of rotatable bonds is 6. The van der Waals surface area contributed by atoms with Crippen molar-refractivity contribution in [3.05, 3.63) is 65.2 Å². The average molecular weight is 433 g/mol. The van der Waals surface area contributed by atoms with Gasteiger partial charge in [0.25, 0.3) is 0 Å². The van der Waals surface area contributed by atoms with Gasteiger partial charge in [-0.25, -0.2) is 14.2 Å². The number of methoxy groups -OCH3 is 1. The summed E-state index contributed by atoms with van der Waals surface area (Å²) in [4.78, 5) is 20.2. The molecular weight excluding hydrogens is 413 g/mol. The molecule has 0 aliphatic heterocycles. The maximum Gasteiger partial charge on any atom is 0.357 e. The van der Waals surface area contributed by atoms with Gasteiger partial charge in [0.2, 0.25) is 0 Å². The van der Waals surface area contributed by atoms with Crippen LogP contribution in [0.15, 0.2) is 42.6 Å². The van der Waals surface area contributed by atoms with Crippen molar-refractivity contribution in [3.8, 4) is 17.6 Å². The Morgan fingerprint density at radius 1 is 1.25 bits per heavy atom. The number of hydrogen-bond acceptors (Lipinski definition) is 6. The summed E-state index contributed by atoms with van der Waals surface area (Å²) in [6.07, 6.45) is 1.28. The number of nitriles is 1. The molecule has 0 fully saturated rings. The highest BCUT2D eigenvalue weighted by Gasteiger charge is 2.21. The van der Waals surface area contributed by atoms with Gasteiger partial charge in [-0.1, -0.05) is 6.07 Å². The number of benzene rings is 2. The number of fused-ring (bicyclic) bond motifs is 3. The van der Waals surface area contributed by atoms with E-state index in [1.807, 2.05) is 6.07 Å². The molecule has 7 nitrogen and oxygen atoms in total. The topological polar surface area (TPSA) is 97.2 Å². The van der Waals surface area contributed by atoms with Gasteiger partial charge in [-0.05, 0) is 44.2 Å². The summed E-state index contributed by atoms with van der Waals surface area (Å²) in [5.74, 6) is -0.660. The second-order valence-corrected chi connectivity index (χ2v) is 7.42. The predicted molar refractivity (Wildman–Crippen MR) is 116 cm³/mol. The quantitative estimate of drug-likeness (QED) is 0.418. The number of nitrogens with zero attached hydrogens (tertiary/aromatic N) is 2. The zero-order valence-electron chi connectivity index (χ0n) is 17.7. The van der Waals surface area contributed by atoms with Gasteiger partial charge >= 0.3 is 5.97 Å². The third-order valence-corrected chi connectivity index (χ3v) is 4.85. The number of carbonyl (C=O) groups excluding carboxylic acids is 1. The van der Waals surface area contributed by atoms with Crippen molar-refractivity contribution >= 4 is 27.8 Å². The largest absolute Gasteiger partial charge is 0.458 e. The Bertz CT molecular complexity index is 1370. The van der Waals surface area contributed by atoms with E-state index >= 15 is 0 Å². The molecule has 162 valence electrons. The molecule has 4 aromatic rings. The minimum absolute atomic E-state index is 0.117. The van der Waals surface area contributed by atoms with E-state index in [4.69, 9.17) is 14.2 Å². The fraction of sp³-hybridized carbons (Fsp3) is 0.208. The Kier molecular flexibility index (Phi) is 5.75. The van der Waals surface area contributed by atoms with E-state index in [2.05, 4.69) is 9.97 Å². The first-order valence-corrected chi connectivity index (χ1v) is 9.92. The second kappa shape index (κ2) is 8.65. The zero-order chi connectivity index (χ0) is 22.8. The number of carbonyl (C=O) groups is 1. The maximum atomic E-state index is 13.9. The standard InChI is InChI=1S/C24H20FN3O4/c1-13(2)31-24(29)23-17(12-30-3)22-15-9-14(7-8-19(15)28-20(22)11-27-23)32-21-6-4-5-18(25)16(21)10-26/h4-9,11,13,28H,12H2,1-3H3. The first kappa shape index (κ1) is 21.3. The highest BCUT2D eigenvalue weighted by molar-refractivity contribution is 6.11. The third-order valence-electron chi connectivity index (χ3n) is 4.85. The molecule has 0 unspecified atom stereocenters. The van der Waals surface area contributed by atoms with E-state index in [9.17, 15) is 14.4 Å². The van der Waals surface area contributed by atoms with Crippen LogP contribution in [0.2, 0.25) is 0 Å². The lowest BCUT2D eigenvalue weighted by Crippen LogP contribution is -2.15. The molecule has 4 rings (SSSR count). The van der Waals surface area contributed by atoms with Crippen LogP contribution in [0.25, 0.3) is 21.8 Å². The molecule has 0 aliphatic carbocycles. The zero-order valence-corrected chi connectivity index (χ0v) is 17.7. The number of H-pyrrole nitrogens is 1. The molecule has 0 amide bonds. The highest BCUT2D eigenvalue weighted by Crippen LogP contribution is 2.35. The van der Waals surface area contributed by atoms with Gasteiger partial charge in [0.05, 0.1) is 24.4 Å². The van der Waals surface area contributed by atoms with Crippen LogP contribution in [0.5, 0.6) is 11.5 Å². The van der Waals surface area contributed by atoms with Gasteiger partial charge in [0.15, 0.2) is 5.69 Å². The molecule has 0 saturated heterocycles. The van der Waals surface area contributed by atoms with Gasteiger partial charge in [0, 0.05) is 29.0 Å². The molecule has 1 N–H and O–H groups in total. The summed E-state index contributed by atoms with van der Waals surface area (Å²) in [5, 5.41) is 10.8. The first-order valence-electron chi connectivity index (χ1n) is 9.92. The van der Waals surface area contributed by atoms with Crippen LogP contribution in [0.1, 0.15) is 35.5 Å². The number of nitrogens with one attached hydrogen (secondary N) is 1. The normalized spacial score (nSPS) is 11.1. The third kappa shape index (κ3) is 3.86. The van der Waals surface area contributed by atoms with E-state index in [1.54, 1.807) is 38.2 Å². The fourth-order valence-electron chi connectivity index (χ4n) is 3.56. The summed E-state index contributed by atoms with van der Waals surface area (Å²) in [6, 6.07) is 11.3. The van der Waals surface area contributed by atoms with E-state index in [1.165, 1.54) is 25.3 Å². The Hall–Kier alpha value is -3.96. The van der Waals surface area contributed by atoms with Crippen molar-refractivity contribution in [1.82, 2.24) is 9.97 Å². The van der Waals surface area contributed by atoms with Gasteiger partial charge < -0.3 is 19.2 Å². The molecule has 2 heterocycles. The number of esters is 1. The SMILES string of the molecule is COCc1c(C(=O)OC(C)C)ncc2[nH]c3ccc(Oc4cccc(F)c4C#N)cc3c12. The second-order valence-electron chi connectivity index (χ2n) is 7.42. The molecule has 0 atom stereocenters. The summed E-state index contributed by atoms with van der Waals surface area (Å²) >= 11 is 0. The molecule has 0 saturated carbocycles. The number of aromatic amines is 1. The van der Waals surface area contributed by atoms with Crippen molar-refractivity contribution in [1.29, 1.82) is 5.26 Å². The van der Waals surface area contributed by atoms with Crippen molar-refractivity contribution in [2.45, 2.75) is 26.6 Å². The minimum Gasteiger partial charge on any atom is -0.458 e. The molecule has 0 radical (unpaired) electrons. The van der Waals surface area contributed by atoms with Crippen LogP contribution in [0, 0.1) is 17.1 Å². The highest BCUT2D eigenvalue weighted by atomic mass is 19.1. The number of pyridine rings is 1. The predicted octanol–water partition coefficient (Wildman–Crippen LogP) is 5.23. The lowest BCUT2D eigenvalue weighted by molar-refractivity contribution is 0.0366. The summed E-state index contributed by atoms with van der Waals surface area (Å²) in [5.41, 5.74) is 2.10. The molecule has 2 aromatic carbocycles. The van der Waals surface area contributed by atoms with Crippen LogP contribution in [0.3, 0.4) is 0 Å². The van der Waals surface area contributed by atoms with E-state index in [-0.39, 0.29) is 29.7 Å². The van der Waals surface area contributed by atoms with Crippen molar-refractivity contribution in [3.63, 3.8) is 0 Å². The van der Waals surface area contributed by atoms with E-state index < -0.39 is 11.8 Å². The van der Waals surface area contributed by atoms with Gasteiger partial charge in [-0.3, -0.25) is 0 Å². The average Bonchev–Trinajstić information content (AvgIpc) is 3.12. The Morgan fingerprint density at radius 2 is 2.06 bits per heavy atom. The lowest BCUT2D eigenvalue weighted by Gasteiger charge is -2.12. The van der Waals surface area contributed by atoms with Crippen molar-refractivity contribution < 1.29 is 23.4 Å². The summed E-state index contributed by atoms with van der Waals surface area (Å²) < 4.78 is 30.5. The smallest absolute Gasteiger partial charge is 0.357 e. The van der Waals surface area contributed by atoms with Gasteiger partial charge in [-0.15, -0.1) is 0 Å². The Morgan fingerprint density at radius 3 is 2.78 bits per heavy atom. The molecule has 8 heteroatoms. The van der Waals surface area contributed by atoms with Crippen LogP contribution >= 0.6 is 0 Å². The van der Waals surface area contributed by atoms with Gasteiger partial charge in [-0.2, -0.15) is 5.26 Å². The molecule has 0 spiro atoms. The summed E-state index contributed by atoms with van der Waals surface area (Å²) in [7, 11) is 1.53.